The third-order valence-corrected chi connectivity index (χ3v) is 6.15. The first kappa shape index (κ1) is 20.1. The van der Waals surface area contributed by atoms with Gasteiger partial charge in [0.1, 0.15) is 17.7 Å². The van der Waals surface area contributed by atoms with Crippen molar-refractivity contribution >= 4 is 22.6 Å². The van der Waals surface area contributed by atoms with Crippen LogP contribution in [0.4, 0.5) is 5.82 Å². The van der Waals surface area contributed by atoms with Gasteiger partial charge in [-0.05, 0) is 71.2 Å². The summed E-state index contributed by atoms with van der Waals surface area (Å²) in [5, 5.41) is 11.3. The summed E-state index contributed by atoms with van der Waals surface area (Å²) in [5.74, 6) is 0.314. The molecule has 1 atom stereocenters. The van der Waals surface area contributed by atoms with Crippen LogP contribution in [0, 0.1) is 6.92 Å². The first-order valence-electron chi connectivity index (χ1n) is 10.7. The first-order valence-corrected chi connectivity index (χ1v) is 10.7. The van der Waals surface area contributed by atoms with E-state index < -0.39 is 5.97 Å². The number of rotatable bonds is 5. The molecule has 4 aromatic rings. The van der Waals surface area contributed by atoms with Crippen LogP contribution in [0.1, 0.15) is 34.8 Å². The molecule has 0 saturated carbocycles. The Morgan fingerprint density at radius 1 is 1.12 bits per heavy atom. The second kappa shape index (κ2) is 8.00. The predicted octanol–water partition coefficient (Wildman–Crippen LogP) is 5.49. The highest BCUT2D eigenvalue weighted by Crippen LogP contribution is 2.40. The topological polar surface area (TPSA) is 85.4 Å². The molecule has 3 aromatic carbocycles. The molecule has 0 bridgehead atoms. The lowest BCUT2D eigenvalue weighted by Gasteiger charge is -2.19. The molecule has 32 heavy (non-hydrogen) atoms. The molecule has 5 heteroatoms. The number of fused-ring (bicyclic) bond motifs is 2. The van der Waals surface area contributed by atoms with Gasteiger partial charge in [-0.25, -0.2) is 4.98 Å². The number of hydrogen-bond donors (Lipinski definition) is 2. The number of hydrogen-bond acceptors (Lipinski definition) is 4. The number of aliphatic carboxylic acids is 1. The van der Waals surface area contributed by atoms with Crippen LogP contribution in [0.5, 0.6) is 5.75 Å². The number of benzene rings is 3. The van der Waals surface area contributed by atoms with Crippen LogP contribution in [-0.4, -0.2) is 16.1 Å². The van der Waals surface area contributed by atoms with Crippen molar-refractivity contribution in [3.05, 3.63) is 89.1 Å². The molecular formula is C27H24N2O3. The number of nitrogen functional groups attached to an aromatic ring is 1. The van der Waals surface area contributed by atoms with Gasteiger partial charge in [-0.3, -0.25) is 4.79 Å². The number of aromatic nitrogens is 1. The molecule has 5 nitrogen and oxygen atoms in total. The molecule has 1 heterocycles. The van der Waals surface area contributed by atoms with Gasteiger partial charge < -0.3 is 15.6 Å². The molecule has 0 saturated heterocycles. The Kier molecular flexibility index (Phi) is 5.02. The van der Waals surface area contributed by atoms with Crippen molar-refractivity contribution < 1.29 is 14.6 Å². The van der Waals surface area contributed by atoms with Crippen LogP contribution in [0.25, 0.3) is 21.9 Å². The van der Waals surface area contributed by atoms with Gasteiger partial charge in [0.05, 0.1) is 6.42 Å². The largest absolute Gasteiger partial charge is 0.485 e. The highest BCUT2D eigenvalue weighted by atomic mass is 16.5. The van der Waals surface area contributed by atoms with E-state index in [9.17, 15) is 9.90 Å². The van der Waals surface area contributed by atoms with Gasteiger partial charge in [0, 0.05) is 17.1 Å². The normalized spacial score (nSPS) is 15.0. The van der Waals surface area contributed by atoms with E-state index in [-0.39, 0.29) is 12.5 Å². The van der Waals surface area contributed by atoms with Gasteiger partial charge in [0.2, 0.25) is 0 Å². The van der Waals surface area contributed by atoms with Crippen molar-refractivity contribution in [2.24, 2.45) is 0 Å². The summed E-state index contributed by atoms with van der Waals surface area (Å²) in [6.45, 7) is 1.99. The van der Waals surface area contributed by atoms with Gasteiger partial charge in [-0.2, -0.15) is 0 Å². The molecule has 1 aromatic heterocycles. The molecule has 0 amide bonds. The third-order valence-electron chi connectivity index (χ3n) is 6.15. The summed E-state index contributed by atoms with van der Waals surface area (Å²) in [6, 6.07) is 20.3. The Labute approximate surface area is 186 Å². The number of carboxylic acids is 1. The number of carbonyl (C=O) groups is 1. The van der Waals surface area contributed by atoms with E-state index >= 15 is 0 Å². The SMILES string of the molecule is Cc1ccc(CC(=O)O)c(O[C@@H]2CCc3ccc(-c4cccc5c(N)nccc45)cc32)c1. The van der Waals surface area contributed by atoms with Crippen molar-refractivity contribution in [1.29, 1.82) is 0 Å². The Bertz CT molecular complexity index is 1350. The average Bonchev–Trinajstić information content (AvgIpc) is 3.17. The maximum atomic E-state index is 11.3. The second-order valence-electron chi connectivity index (χ2n) is 8.34. The number of aryl methyl sites for hydroxylation is 2. The standard InChI is InChI=1S/C27H24N2O3/c1-16-5-6-19(15-26(30)31)25(13-16)32-24-10-9-17-7-8-18(14-23(17)24)20-3-2-4-22-21(20)11-12-29-27(22)28/h2-8,11-14,24H,9-10,15H2,1H3,(H2,28,29)(H,30,31)/t24-/m1/s1. The smallest absolute Gasteiger partial charge is 0.307 e. The maximum Gasteiger partial charge on any atom is 0.307 e. The van der Waals surface area contributed by atoms with Crippen molar-refractivity contribution in [3.63, 3.8) is 0 Å². The Morgan fingerprint density at radius 3 is 2.84 bits per heavy atom. The average molecular weight is 425 g/mol. The zero-order chi connectivity index (χ0) is 22.2. The van der Waals surface area contributed by atoms with Gasteiger partial charge >= 0.3 is 5.97 Å². The zero-order valence-electron chi connectivity index (χ0n) is 17.8. The van der Waals surface area contributed by atoms with Gasteiger partial charge in [-0.15, -0.1) is 0 Å². The minimum absolute atomic E-state index is 0.0549. The minimum Gasteiger partial charge on any atom is -0.485 e. The quantitative estimate of drug-likeness (QED) is 0.443. The van der Waals surface area contributed by atoms with Crippen molar-refractivity contribution in [2.45, 2.75) is 32.3 Å². The number of anilines is 1. The molecule has 5 rings (SSSR count). The van der Waals surface area contributed by atoms with E-state index in [1.165, 1.54) is 5.56 Å². The van der Waals surface area contributed by atoms with Crippen molar-refractivity contribution in [2.75, 3.05) is 5.73 Å². The predicted molar refractivity (Wildman–Crippen MR) is 126 cm³/mol. The molecule has 0 radical (unpaired) electrons. The summed E-state index contributed by atoms with van der Waals surface area (Å²) >= 11 is 0. The summed E-state index contributed by atoms with van der Waals surface area (Å²) in [7, 11) is 0. The fourth-order valence-electron chi connectivity index (χ4n) is 4.57. The number of pyridine rings is 1. The summed E-state index contributed by atoms with van der Waals surface area (Å²) in [6.07, 6.45) is 3.38. The fraction of sp³-hybridized carbons (Fsp3) is 0.185. The van der Waals surface area contributed by atoms with Gasteiger partial charge in [0.15, 0.2) is 0 Å². The summed E-state index contributed by atoms with van der Waals surface area (Å²) in [4.78, 5) is 15.5. The molecule has 0 aliphatic heterocycles. The Morgan fingerprint density at radius 2 is 2.00 bits per heavy atom. The van der Waals surface area contributed by atoms with E-state index in [0.717, 1.165) is 45.9 Å². The van der Waals surface area contributed by atoms with E-state index in [4.69, 9.17) is 10.5 Å². The molecule has 0 unspecified atom stereocenters. The number of nitrogens with zero attached hydrogens (tertiary/aromatic N) is 1. The van der Waals surface area contributed by atoms with E-state index in [2.05, 4.69) is 29.2 Å². The van der Waals surface area contributed by atoms with E-state index in [1.807, 2.05) is 43.3 Å². The molecule has 1 aliphatic carbocycles. The van der Waals surface area contributed by atoms with Gasteiger partial charge in [-0.1, -0.05) is 42.5 Å². The number of carboxylic acid groups (broad SMARTS) is 1. The zero-order valence-corrected chi connectivity index (χ0v) is 17.8. The first-order chi connectivity index (χ1) is 15.5. The lowest BCUT2D eigenvalue weighted by molar-refractivity contribution is -0.136. The molecule has 0 fully saturated rings. The monoisotopic (exact) mass is 424 g/mol. The summed E-state index contributed by atoms with van der Waals surface area (Å²) in [5.41, 5.74) is 12.5. The Balaban J connectivity index is 1.53. The van der Waals surface area contributed by atoms with Crippen LogP contribution in [0.3, 0.4) is 0 Å². The third kappa shape index (κ3) is 3.66. The van der Waals surface area contributed by atoms with Gasteiger partial charge in [0.25, 0.3) is 0 Å². The van der Waals surface area contributed by atoms with Crippen LogP contribution < -0.4 is 10.5 Å². The van der Waals surface area contributed by atoms with Crippen molar-refractivity contribution in [1.82, 2.24) is 4.98 Å². The molecule has 3 N–H and O–H groups in total. The Hall–Kier alpha value is -3.86. The minimum atomic E-state index is -0.863. The maximum absolute atomic E-state index is 11.3. The molecule has 160 valence electrons. The number of nitrogens with two attached hydrogens (primary N) is 1. The molecule has 1 aliphatic rings. The lowest BCUT2D eigenvalue weighted by atomic mass is 9.96. The van der Waals surface area contributed by atoms with E-state index in [1.54, 1.807) is 6.20 Å². The van der Waals surface area contributed by atoms with Crippen LogP contribution in [0.2, 0.25) is 0 Å². The fourth-order valence-corrected chi connectivity index (χ4v) is 4.57. The molecule has 0 spiro atoms. The van der Waals surface area contributed by atoms with Crippen LogP contribution in [-0.2, 0) is 17.6 Å². The lowest BCUT2D eigenvalue weighted by Crippen LogP contribution is -2.08. The van der Waals surface area contributed by atoms with E-state index in [0.29, 0.717) is 17.1 Å². The van der Waals surface area contributed by atoms with Crippen LogP contribution >= 0.6 is 0 Å². The highest BCUT2D eigenvalue weighted by Gasteiger charge is 2.26. The second-order valence-corrected chi connectivity index (χ2v) is 8.34. The van der Waals surface area contributed by atoms with Crippen LogP contribution in [0.15, 0.2) is 66.9 Å². The van der Waals surface area contributed by atoms with Crippen molar-refractivity contribution in [3.8, 4) is 16.9 Å². The number of ether oxygens (including phenoxy) is 1. The highest BCUT2D eigenvalue weighted by molar-refractivity contribution is 6.01. The molecular weight excluding hydrogens is 400 g/mol. The summed E-state index contributed by atoms with van der Waals surface area (Å²) < 4.78 is 6.42.